The first-order valence-corrected chi connectivity index (χ1v) is 11.9. The molecule has 0 aromatic heterocycles. The Morgan fingerprint density at radius 3 is 2.55 bits per heavy atom. The van der Waals surface area contributed by atoms with Gasteiger partial charge in [0, 0.05) is 30.3 Å². The second-order valence-corrected chi connectivity index (χ2v) is 13.3. The predicted octanol–water partition coefficient (Wildman–Crippen LogP) is 4.80. The molecule has 1 N–H and O–H groups in total. The van der Waals surface area contributed by atoms with Crippen molar-refractivity contribution in [1.29, 1.82) is 0 Å². The average Bonchev–Trinajstić information content (AvgIpc) is 2.36. The maximum atomic E-state index is 12.0. The average molecular weight is 384 g/mol. The van der Waals surface area contributed by atoms with Crippen LogP contribution in [0.2, 0.25) is 25.7 Å². The highest BCUT2D eigenvalue weighted by atomic mass is 79.9. The number of aryl methyl sites for hydroxylation is 1. The molecule has 1 unspecified atom stereocenters. The lowest BCUT2D eigenvalue weighted by atomic mass is 10.1. The molecule has 22 heavy (non-hydrogen) atoms. The van der Waals surface area contributed by atoms with Crippen molar-refractivity contribution in [2.75, 3.05) is 6.61 Å². The molecule has 1 aromatic carbocycles. The SMILES string of the molecule is C=C(C)C(=O)NC(OCC[Si](C)(C)C)c1ccc(C)cc1Br. The van der Waals surface area contributed by atoms with Crippen LogP contribution in [0.1, 0.15) is 24.3 Å². The van der Waals surface area contributed by atoms with Crippen LogP contribution in [0.3, 0.4) is 0 Å². The van der Waals surface area contributed by atoms with Crippen LogP contribution < -0.4 is 5.32 Å². The van der Waals surface area contributed by atoms with Crippen molar-refractivity contribution in [3.8, 4) is 0 Å². The number of nitrogens with one attached hydrogen (secondary N) is 1. The minimum atomic E-state index is -1.18. The highest BCUT2D eigenvalue weighted by Gasteiger charge is 2.20. The molecular weight excluding hydrogens is 358 g/mol. The van der Waals surface area contributed by atoms with Crippen molar-refractivity contribution >= 4 is 29.9 Å². The van der Waals surface area contributed by atoms with Gasteiger partial charge in [-0.3, -0.25) is 4.79 Å². The number of halogens is 1. The van der Waals surface area contributed by atoms with Gasteiger partial charge in [0.2, 0.25) is 5.91 Å². The molecule has 0 spiro atoms. The molecule has 0 heterocycles. The summed E-state index contributed by atoms with van der Waals surface area (Å²) in [6.07, 6.45) is -0.462. The predicted molar refractivity (Wildman–Crippen MR) is 98.7 cm³/mol. The summed E-state index contributed by atoms with van der Waals surface area (Å²) < 4.78 is 6.91. The third-order valence-corrected chi connectivity index (χ3v) is 5.62. The first-order chi connectivity index (χ1) is 10.1. The number of carbonyl (C=O) groups excluding carboxylic acids is 1. The zero-order valence-corrected chi connectivity index (χ0v) is 16.7. The molecule has 122 valence electrons. The number of benzene rings is 1. The van der Waals surface area contributed by atoms with Gasteiger partial charge in [0.15, 0.2) is 6.23 Å². The van der Waals surface area contributed by atoms with Gasteiger partial charge in [0.05, 0.1) is 0 Å². The molecule has 0 aliphatic heterocycles. The summed E-state index contributed by atoms with van der Waals surface area (Å²) in [4.78, 5) is 12.0. The van der Waals surface area contributed by atoms with Crippen LogP contribution in [-0.4, -0.2) is 20.6 Å². The Morgan fingerprint density at radius 2 is 2.05 bits per heavy atom. The Balaban J connectivity index is 2.90. The van der Waals surface area contributed by atoms with Crippen LogP contribution in [-0.2, 0) is 9.53 Å². The fourth-order valence-electron chi connectivity index (χ4n) is 1.78. The van der Waals surface area contributed by atoms with Gasteiger partial charge in [0.25, 0.3) is 0 Å². The topological polar surface area (TPSA) is 38.3 Å². The molecule has 0 bridgehead atoms. The fourth-order valence-corrected chi connectivity index (χ4v) is 3.21. The monoisotopic (exact) mass is 383 g/mol. The third kappa shape index (κ3) is 6.46. The van der Waals surface area contributed by atoms with E-state index in [1.165, 1.54) is 0 Å². The second-order valence-electron chi connectivity index (χ2n) is 6.84. The van der Waals surface area contributed by atoms with E-state index in [0.29, 0.717) is 12.2 Å². The van der Waals surface area contributed by atoms with Crippen molar-refractivity contribution in [3.63, 3.8) is 0 Å². The first-order valence-electron chi connectivity index (χ1n) is 7.44. The maximum absolute atomic E-state index is 12.0. The summed E-state index contributed by atoms with van der Waals surface area (Å²) in [6.45, 7) is 15.0. The van der Waals surface area contributed by atoms with Crippen molar-refractivity contribution in [1.82, 2.24) is 5.32 Å². The summed E-state index contributed by atoms with van der Waals surface area (Å²) in [5, 5.41) is 2.90. The quantitative estimate of drug-likeness (QED) is 0.417. The van der Waals surface area contributed by atoms with Crippen LogP contribution in [0.25, 0.3) is 0 Å². The molecule has 3 nitrogen and oxygen atoms in total. The van der Waals surface area contributed by atoms with Gasteiger partial charge in [-0.05, 0) is 31.5 Å². The molecule has 0 radical (unpaired) electrons. The Morgan fingerprint density at radius 1 is 1.41 bits per heavy atom. The van der Waals surface area contributed by atoms with Crippen LogP contribution >= 0.6 is 15.9 Å². The lowest BCUT2D eigenvalue weighted by Crippen LogP contribution is -2.32. The zero-order chi connectivity index (χ0) is 16.9. The van der Waals surface area contributed by atoms with Crippen molar-refractivity contribution in [3.05, 3.63) is 46.0 Å². The third-order valence-electron chi connectivity index (χ3n) is 3.22. The number of rotatable bonds is 7. The van der Waals surface area contributed by atoms with Gasteiger partial charge in [0.1, 0.15) is 0 Å². The number of hydrogen-bond donors (Lipinski definition) is 1. The number of carbonyl (C=O) groups is 1. The summed E-state index contributed by atoms with van der Waals surface area (Å²) in [6, 6.07) is 7.08. The Labute approximate surface area is 143 Å². The molecule has 0 saturated heterocycles. The smallest absolute Gasteiger partial charge is 0.248 e. The normalized spacial score (nSPS) is 12.8. The molecule has 0 aliphatic carbocycles. The minimum absolute atomic E-state index is 0.189. The zero-order valence-electron chi connectivity index (χ0n) is 14.1. The largest absolute Gasteiger partial charge is 0.354 e. The van der Waals surface area contributed by atoms with Gasteiger partial charge in [-0.2, -0.15) is 0 Å². The van der Waals surface area contributed by atoms with E-state index in [2.05, 4.69) is 47.5 Å². The fraction of sp³-hybridized carbons (Fsp3) is 0.471. The summed E-state index contributed by atoms with van der Waals surface area (Å²) in [5.74, 6) is -0.189. The van der Waals surface area contributed by atoms with Gasteiger partial charge in [-0.25, -0.2) is 0 Å². The Hall–Kier alpha value is -0.913. The maximum Gasteiger partial charge on any atom is 0.248 e. The minimum Gasteiger partial charge on any atom is -0.354 e. The Kier molecular flexibility index (Phi) is 7.03. The van der Waals surface area contributed by atoms with Gasteiger partial charge >= 0.3 is 0 Å². The van der Waals surface area contributed by atoms with Crippen LogP contribution in [0.15, 0.2) is 34.8 Å². The molecule has 1 atom stereocenters. The highest BCUT2D eigenvalue weighted by Crippen LogP contribution is 2.26. The van der Waals surface area contributed by atoms with E-state index in [-0.39, 0.29) is 5.91 Å². The van der Waals surface area contributed by atoms with E-state index < -0.39 is 14.3 Å². The van der Waals surface area contributed by atoms with E-state index >= 15 is 0 Å². The molecule has 0 fully saturated rings. The molecule has 1 amide bonds. The van der Waals surface area contributed by atoms with Crippen molar-refractivity contribution in [2.24, 2.45) is 0 Å². The Bertz CT molecular complexity index is 552. The molecule has 5 heteroatoms. The molecule has 0 aliphatic rings. The van der Waals surface area contributed by atoms with E-state index in [9.17, 15) is 4.79 Å². The lowest BCUT2D eigenvalue weighted by molar-refractivity contribution is -0.121. The van der Waals surface area contributed by atoms with Crippen molar-refractivity contribution < 1.29 is 9.53 Å². The van der Waals surface area contributed by atoms with Gasteiger partial charge in [-0.15, -0.1) is 0 Å². The summed E-state index contributed by atoms with van der Waals surface area (Å²) >= 11 is 3.56. The molecule has 1 aromatic rings. The van der Waals surface area contributed by atoms with Gasteiger partial charge in [-0.1, -0.05) is 54.3 Å². The lowest BCUT2D eigenvalue weighted by Gasteiger charge is -2.23. The van der Waals surface area contributed by atoms with Gasteiger partial charge < -0.3 is 10.1 Å². The van der Waals surface area contributed by atoms with E-state index in [4.69, 9.17) is 4.74 Å². The number of ether oxygens (including phenoxy) is 1. The van der Waals surface area contributed by atoms with Crippen molar-refractivity contribution in [2.45, 2.75) is 45.8 Å². The van der Waals surface area contributed by atoms with E-state index in [1.807, 2.05) is 25.1 Å². The highest BCUT2D eigenvalue weighted by molar-refractivity contribution is 9.10. The van der Waals surface area contributed by atoms with Crippen LogP contribution in [0.5, 0.6) is 0 Å². The number of hydrogen-bond acceptors (Lipinski definition) is 2. The van der Waals surface area contributed by atoms with Crippen LogP contribution in [0, 0.1) is 6.92 Å². The first kappa shape index (κ1) is 19.1. The molecular formula is C17H26BrNO2Si. The van der Waals surface area contributed by atoms with E-state index in [1.54, 1.807) is 6.92 Å². The number of amides is 1. The second kappa shape index (κ2) is 8.08. The van der Waals surface area contributed by atoms with Crippen LogP contribution in [0.4, 0.5) is 0 Å². The summed E-state index contributed by atoms with van der Waals surface area (Å²) in [5.41, 5.74) is 2.56. The van der Waals surface area contributed by atoms with E-state index in [0.717, 1.165) is 21.6 Å². The standard InChI is InChI=1S/C17H26BrNO2Si/c1-12(2)16(20)19-17(21-9-10-22(4,5)6)14-8-7-13(3)11-15(14)18/h7-8,11,17H,1,9-10H2,2-6H3,(H,19,20). The molecule has 1 rings (SSSR count). The summed E-state index contributed by atoms with van der Waals surface area (Å²) in [7, 11) is -1.18. The molecule has 0 saturated carbocycles.